The summed E-state index contributed by atoms with van der Waals surface area (Å²) < 4.78 is 37.1. The van der Waals surface area contributed by atoms with Gasteiger partial charge in [0, 0.05) is 0 Å². The van der Waals surface area contributed by atoms with Crippen LogP contribution in [-0.2, 0) is 4.79 Å². The van der Waals surface area contributed by atoms with Gasteiger partial charge in [-0.25, -0.2) is 0 Å². The molecule has 3 nitrogen and oxygen atoms in total. The van der Waals surface area contributed by atoms with E-state index in [-0.39, 0.29) is 31.7 Å². The largest absolute Gasteiger partial charge is 0.480 e. The molecule has 15 heavy (non-hydrogen) atoms. The molecule has 1 atom stereocenters. The third-order valence-electron chi connectivity index (χ3n) is 3.60. The molecule has 0 aliphatic heterocycles. The zero-order valence-corrected chi connectivity index (χ0v) is 8.49. The van der Waals surface area contributed by atoms with Gasteiger partial charge in [-0.3, -0.25) is 4.79 Å². The van der Waals surface area contributed by atoms with Gasteiger partial charge in [0.2, 0.25) is 0 Å². The van der Waals surface area contributed by atoms with Gasteiger partial charge < -0.3 is 10.8 Å². The fourth-order valence-electron chi connectivity index (χ4n) is 2.76. The molecule has 3 aliphatic rings. The molecule has 0 amide bonds. The quantitative estimate of drug-likeness (QED) is 0.776. The minimum Gasteiger partial charge on any atom is -0.480 e. The fraction of sp³-hybridized carbons (Fsp3) is 0.875. The Hall–Kier alpha value is -0.490. The monoisotopic (exact) mass is 245 g/mol. The Labute approximate surface area is 90.2 Å². The van der Waals surface area contributed by atoms with E-state index in [1.54, 1.807) is 0 Å². The molecule has 3 fully saturated rings. The number of nitrogens with two attached hydrogens (primary N) is 1. The average Bonchev–Trinajstić information content (AvgIpc) is 1.76. The second kappa shape index (κ2) is 3.01. The second-order valence-corrected chi connectivity index (χ2v) is 4.49. The third kappa shape index (κ3) is 1.34. The Bertz CT molecular complexity index is 285. The van der Waals surface area contributed by atoms with E-state index in [0.29, 0.717) is 0 Å². The smallest absolute Gasteiger partial charge is 0.394 e. The predicted molar refractivity (Wildman–Crippen MR) is 47.6 cm³/mol. The van der Waals surface area contributed by atoms with Crippen LogP contribution in [0.25, 0.3) is 0 Å². The molecule has 3 rings (SSSR count). The number of hydrogen-bond acceptors (Lipinski definition) is 2. The molecule has 2 bridgehead atoms. The number of carboxylic acids is 1. The van der Waals surface area contributed by atoms with Crippen molar-refractivity contribution in [3.05, 3.63) is 0 Å². The standard InChI is InChI=1S/C8H10F3NO2.ClH/c9-8(10,11)7-1-6(2-7,3-7)4(12)5(13)14;/h4H,1-3,12H2,(H,13,14);1H/t4-,6?,7?;/m0./s1. The van der Waals surface area contributed by atoms with Crippen molar-refractivity contribution in [1.82, 2.24) is 0 Å². The molecule has 0 radical (unpaired) electrons. The summed E-state index contributed by atoms with van der Waals surface area (Å²) >= 11 is 0. The molecular weight excluding hydrogens is 235 g/mol. The number of alkyl halides is 3. The van der Waals surface area contributed by atoms with Crippen LogP contribution in [0.2, 0.25) is 0 Å². The van der Waals surface area contributed by atoms with Crippen molar-refractivity contribution >= 4 is 18.4 Å². The van der Waals surface area contributed by atoms with Gasteiger partial charge in [-0.15, -0.1) is 12.4 Å². The highest BCUT2D eigenvalue weighted by Crippen LogP contribution is 2.79. The molecule has 3 aliphatic carbocycles. The van der Waals surface area contributed by atoms with Gasteiger partial charge in [0.1, 0.15) is 6.04 Å². The van der Waals surface area contributed by atoms with Crippen LogP contribution in [0.5, 0.6) is 0 Å². The molecule has 0 spiro atoms. The highest BCUT2D eigenvalue weighted by Gasteiger charge is 2.80. The van der Waals surface area contributed by atoms with Gasteiger partial charge in [-0.1, -0.05) is 0 Å². The molecule has 3 N–H and O–H groups in total. The fourth-order valence-corrected chi connectivity index (χ4v) is 2.76. The van der Waals surface area contributed by atoms with E-state index in [1.165, 1.54) is 0 Å². The molecule has 3 saturated carbocycles. The number of rotatable bonds is 2. The molecule has 0 saturated heterocycles. The summed E-state index contributed by atoms with van der Waals surface area (Å²) in [4.78, 5) is 10.5. The summed E-state index contributed by atoms with van der Waals surface area (Å²) in [6, 6.07) is -1.15. The number of halogens is 4. The molecule has 0 aromatic heterocycles. The maximum Gasteiger partial charge on any atom is 0.394 e. The van der Waals surface area contributed by atoms with Crippen molar-refractivity contribution in [3.63, 3.8) is 0 Å². The lowest BCUT2D eigenvalue weighted by atomic mass is 9.33. The van der Waals surface area contributed by atoms with E-state index < -0.39 is 29.0 Å². The summed E-state index contributed by atoms with van der Waals surface area (Å²) in [7, 11) is 0. The Balaban J connectivity index is 0.00000112. The van der Waals surface area contributed by atoms with Gasteiger partial charge in [-0.2, -0.15) is 13.2 Å². The van der Waals surface area contributed by atoms with Crippen molar-refractivity contribution < 1.29 is 23.1 Å². The summed E-state index contributed by atoms with van der Waals surface area (Å²) in [5.41, 5.74) is 2.94. The van der Waals surface area contributed by atoms with Crippen LogP contribution in [0.4, 0.5) is 13.2 Å². The van der Waals surface area contributed by atoms with Gasteiger partial charge in [-0.05, 0) is 24.7 Å². The zero-order valence-electron chi connectivity index (χ0n) is 7.67. The third-order valence-corrected chi connectivity index (χ3v) is 3.60. The van der Waals surface area contributed by atoms with Crippen LogP contribution in [0.15, 0.2) is 0 Å². The minimum atomic E-state index is -4.20. The van der Waals surface area contributed by atoms with Crippen molar-refractivity contribution in [2.24, 2.45) is 16.6 Å². The lowest BCUT2D eigenvalue weighted by Gasteiger charge is -2.71. The Morgan fingerprint density at radius 1 is 1.33 bits per heavy atom. The molecule has 0 heterocycles. The highest BCUT2D eigenvalue weighted by molar-refractivity contribution is 5.85. The van der Waals surface area contributed by atoms with Crippen LogP contribution in [0.1, 0.15) is 19.3 Å². The van der Waals surface area contributed by atoms with Gasteiger partial charge in [0.05, 0.1) is 5.41 Å². The molecule has 0 aromatic carbocycles. The molecule has 0 aromatic rings. The number of hydrogen-bond donors (Lipinski definition) is 2. The zero-order chi connectivity index (χ0) is 10.8. The Morgan fingerprint density at radius 2 is 1.73 bits per heavy atom. The van der Waals surface area contributed by atoms with Crippen molar-refractivity contribution in [1.29, 1.82) is 0 Å². The van der Waals surface area contributed by atoms with E-state index in [1.807, 2.05) is 0 Å². The first-order valence-electron chi connectivity index (χ1n) is 4.28. The summed E-state index contributed by atoms with van der Waals surface area (Å²) in [6.07, 6.45) is -4.54. The van der Waals surface area contributed by atoms with Gasteiger partial charge in [0.15, 0.2) is 0 Å². The number of carboxylic acid groups (broad SMARTS) is 1. The molecule has 7 heteroatoms. The van der Waals surface area contributed by atoms with E-state index in [2.05, 4.69) is 0 Å². The average molecular weight is 246 g/mol. The van der Waals surface area contributed by atoms with Crippen LogP contribution < -0.4 is 5.73 Å². The molecule has 88 valence electrons. The Morgan fingerprint density at radius 3 is 2.00 bits per heavy atom. The topological polar surface area (TPSA) is 63.3 Å². The van der Waals surface area contributed by atoms with Crippen LogP contribution in [0, 0.1) is 10.8 Å². The maximum absolute atomic E-state index is 12.4. The number of carbonyl (C=O) groups is 1. The van der Waals surface area contributed by atoms with E-state index in [0.717, 1.165) is 0 Å². The molecular formula is C8H11ClF3NO2. The lowest BCUT2D eigenvalue weighted by molar-refractivity contribution is -0.366. The van der Waals surface area contributed by atoms with Crippen molar-refractivity contribution in [3.8, 4) is 0 Å². The normalized spacial score (nSPS) is 39.5. The lowest BCUT2D eigenvalue weighted by Crippen LogP contribution is -2.74. The predicted octanol–water partition coefficient (Wildman–Crippen LogP) is 1.55. The minimum absolute atomic E-state index is 0. The summed E-state index contributed by atoms with van der Waals surface area (Å²) in [5.74, 6) is -1.21. The second-order valence-electron chi connectivity index (χ2n) is 4.49. The van der Waals surface area contributed by atoms with E-state index >= 15 is 0 Å². The highest BCUT2D eigenvalue weighted by atomic mass is 35.5. The molecule has 0 unspecified atom stereocenters. The summed E-state index contributed by atoms with van der Waals surface area (Å²) in [6.45, 7) is 0. The van der Waals surface area contributed by atoms with Crippen molar-refractivity contribution in [2.75, 3.05) is 0 Å². The SMILES string of the molecule is Cl.N[C@@H](C(=O)O)C12CC(C(F)(F)F)(C1)C2. The van der Waals surface area contributed by atoms with Crippen molar-refractivity contribution in [2.45, 2.75) is 31.5 Å². The van der Waals surface area contributed by atoms with Gasteiger partial charge >= 0.3 is 12.1 Å². The van der Waals surface area contributed by atoms with Crippen LogP contribution in [0.3, 0.4) is 0 Å². The summed E-state index contributed by atoms with van der Waals surface area (Å²) in [5, 5.41) is 8.59. The first-order valence-corrected chi connectivity index (χ1v) is 4.28. The Kier molecular flexibility index (Phi) is 2.52. The number of aliphatic carboxylic acids is 1. The van der Waals surface area contributed by atoms with Crippen LogP contribution in [-0.4, -0.2) is 23.3 Å². The van der Waals surface area contributed by atoms with Gasteiger partial charge in [0.25, 0.3) is 0 Å². The maximum atomic E-state index is 12.4. The first-order chi connectivity index (χ1) is 6.23. The van der Waals surface area contributed by atoms with E-state index in [4.69, 9.17) is 10.8 Å². The van der Waals surface area contributed by atoms with Crippen LogP contribution >= 0.6 is 12.4 Å². The first kappa shape index (κ1) is 12.6. The van der Waals surface area contributed by atoms with E-state index in [9.17, 15) is 18.0 Å².